The van der Waals surface area contributed by atoms with Crippen LogP contribution in [0.2, 0.25) is 0 Å². The molecule has 4 aliphatic rings. The molecule has 4 fully saturated rings. The van der Waals surface area contributed by atoms with Crippen LogP contribution >= 0.6 is 0 Å². The Morgan fingerprint density at radius 1 is 0.967 bits per heavy atom. The number of rotatable bonds is 4. The molecule has 0 heterocycles. The number of carbonyl (C=O) groups is 1. The molecule has 4 rings (SSSR count). The Labute approximate surface area is 181 Å². The average Bonchev–Trinajstić information content (AvgIpc) is 2.97. The minimum absolute atomic E-state index is 0.0428. The molecule has 0 bridgehead atoms. The van der Waals surface area contributed by atoms with Crippen LogP contribution in [0.1, 0.15) is 98.8 Å². The molecule has 1 N–H and O–H groups in total. The van der Waals surface area contributed by atoms with Crippen LogP contribution in [0, 0.1) is 46.3 Å². The van der Waals surface area contributed by atoms with Gasteiger partial charge in [-0.3, -0.25) is 4.79 Å². The third kappa shape index (κ3) is 3.48. The maximum atomic E-state index is 14.8. The molecule has 0 aromatic heterocycles. The summed E-state index contributed by atoms with van der Waals surface area (Å²) in [7, 11) is 0. The summed E-state index contributed by atoms with van der Waals surface area (Å²) in [5, 5.41) is 10.6. The lowest BCUT2D eigenvalue weighted by Gasteiger charge is -2.62. The quantitative estimate of drug-likeness (QED) is 0.549. The van der Waals surface area contributed by atoms with Crippen LogP contribution in [0.25, 0.3) is 0 Å². The molecule has 8 atom stereocenters. The van der Waals surface area contributed by atoms with Crippen molar-refractivity contribution < 1.29 is 18.7 Å². The van der Waals surface area contributed by atoms with Crippen LogP contribution in [0.4, 0.5) is 8.78 Å². The third-order valence-corrected chi connectivity index (χ3v) is 10.5. The Hall–Kier alpha value is -0.510. The van der Waals surface area contributed by atoms with Crippen molar-refractivity contribution in [3.05, 3.63) is 0 Å². The van der Waals surface area contributed by atoms with Gasteiger partial charge in [-0.25, -0.2) is 0 Å². The van der Waals surface area contributed by atoms with E-state index in [-0.39, 0.29) is 17.8 Å². The first-order chi connectivity index (χ1) is 13.8. The van der Waals surface area contributed by atoms with Crippen molar-refractivity contribution in [1.82, 2.24) is 0 Å². The van der Waals surface area contributed by atoms with Crippen molar-refractivity contribution in [3.8, 4) is 0 Å². The number of fused-ring (bicyclic) bond motifs is 5. The largest absolute Gasteiger partial charge is 0.390 e. The highest BCUT2D eigenvalue weighted by molar-refractivity contribution is 5.87. The van der Waals surface area contributed by atoms with Gasteiger partial charge in [-0.05, 0) is 105 Å². The van der Waals surface area contributed by atoms with Crippen molar-refractivity contribution in [2.75, 3.05) is 0 Å². The van der Waals surface area contributed by atoms with Gasteiger partial charge in [0, 0.05) is 12.3 Å². The van der Waals surface area contributed by atoms with E-state index in [1.807, 2.05) is 6.92 Å². The van der Waals surface area contributed by atoms with Crippen molar-refractivity contribution >= 4 is 5.78 Å². The molecular formula is C26H42F2O2. The summed E-state index contributed by atoms with van der Waals surface area (Å²) < 4.78 is 29.5. The summed E-state index contributed by atoms with van der Waals surface area (Å²) in [6.45, 7) is 9.90. The molecule has 30 heavy (non-hydrogen) atoms. The second-order valence-electron chi connectivity index (χ2n) is 12.6. The highest BCUT2D eigenvalue weighted by atomic mass is 19.3. The van der Waals surface area contributed by atoms with E-state index in [1.54, 1.807) is 13.8 Å². The average molecular weight is 425 g/mol. The molecule has 4 saturated carbocycles. The fourth-order valence-electron chi connectivity index (χ4n) is 8.71. The molecule has 0 radical (unpaired) electrons. The maximum Gasteiger partial charge on any atom is 0.305 e. The van der Waals surface area contributed by atoms with Gasteiger partial charge in [-0.2, -0.15) is 8.78 Å². The molecule has 0 spiro atoms. The van der Waals surface area contributed by atoms with Crippen LogP contribution in [-0.4, -0.2) is 22.4 Å². The lowest BCUT2D eigenvalue weighted by molar-refractivity contribution is -0.158. The molecule has 0 aliphatic heterocycles. The predicted molar refractivity (Wildman–Crippen MR) is 115 cm³/mol. The van der Waals surface area contributed by atoms with E-state index < -0.39 is 23.2 Å². The van der Waals surface area contributed by atoms with Gasteiger partial charge in [0.1, 0.15) is 0 Å². The Morgan fingerprint density at radius 3 is 2.30 bits per heavy atom. The van der Waals surface area contributed by atoms with Crippen LogP contribution < -0.4 is 0 Å². The fourth-order valence-corrected chi connectivity index (χ4v) is 8.71. The highest BCUT2D eigenvalue weighted by Gasteiger charge is 2.62. The van der Waals surface area contributed by atoms with E-state index in [9.17, 15) is 18.7 Å². The van der Waals surface area contributed by atoms with Gasteiger partial charge in [0.05, 0.1) is 5.60 Å². The van der Waals surface area contributed by atoms with Gasteiger partial charge in [0.25, 0.3) is 0 Å². The van der Waals surface area contributed by atoms with Crippen molar-refractivity contribution in [3.63, 3.8) is 0 Å². The zero-order valence-corrected chi connectivity index (χ0v) is 19.6. The maximum absolute atomic E-state index is 14.8. The molecule has 0 aromatic carbocycles. The summed E-state index contributed by atoms with van der Waals surface area (Å²) in [6.07, 6.45) is 9.06. The molecule has 0 saturated heterocycles. The molecule has 0 aromatic rings. The zero-order valence-electron chi connectivity index (χ0n) is 19.6. The number of alkyl halides is 2. The molecule has 0 amide bonds. The van der Waals surface area contributed by atoms with E-state index in [0.29, 0.717) is 29.1 Å². The number of Topliss-reactive ketones (excluding diaryl/α,β-unsaturated/α-hetero) is 1. The van der Waals surface area contributed by atoms with Gasteiger partial charge in [-0.1, -0.05) is 27.7 Å². The molecular weight excluding hydrogens is 382 g/mol. The number of aliphatic hydroxyl groups is 1. The van der Waals surface area contributed by atoms with E-state index in [2.05, 4.69) is 13.8 Å². The van der Waals surface area contributed by atoms with Crippen LogP contribution in [0.3, 0.4) is 0 Å². The monoisotopic (exact) mass is 424 g/mol. The smallest absolute Gasteiger partial charge is 0.305 e. The van der Waals surface area contributed by atoms with Crippen molar-refractivity contribution in [2.45, 2.75) is 110 Å². The van der Waals surface area contributed by atoms with Crippen molar-refractivity contribution in [2.24, 2.45) is 46.3 Å². The standard InChI is InChI=1S/C26H42F2O2/c1-16(2)22(29)26(27,28)15-18-7-9-20-19-8-6-17-14-23(3,30)12-13-25(17,5)21(19)10-11-24(18,20)4/h16-21,30H,6-15H2,1-5H3/t17-,18+,19?,20?,21?,23-,24+,25-/m0/s1. The minimum atomic E-state index is -3.19. The Bertz CT molecular complexity index is 687. The molecule has 4 heteroatoms. The Balaban J connectivity index is 1.52. The lowest BCUT2D eigenvalue weighted by Crippen LogP contribution is -2.55. The number of halogens is 2. The first-order valence-electron chi connectivity index (χ1n) is 12.4. The summed E-state index contributed by atoms with van der Waals surface area (Å²) in [6, 6.07) is 0. The summed E-state index contributed by atoms with van der Waals surface area (Å²) in [5.74, 6) is -2.31. The Kier molecular flexibility index (Phi) is 5.48. The first-order valence-corrected chi connectivity index (χ1v) is 12.4. The molecule has 172 valence electrons. The number of hydrogen-bond donors (Lipinski definition) is 1. The summed E-state index contributed by atoms with van der Waals surface area (Å²) in [5.41, 5.74) is -0.277. The van der Waals surface area contributed by atoms with Gasteiger partial charge < -0.3 is 5.11 Å². The molecule has 3 unspecified atom stereocenters. The van der Waals surface area contributed by atoms with E-state index in [1.165, 1.54) is 12.8 Å². The molecule has 2 nitrogen and oxygen atoms in total. The van der Waals surface area contributed by atoms with Crippen LogP contribution in [0.15, 0.2) is 0 Å². The van der Waals surface area contributed by atoms with Gasteiger partial charge in [-0.15, -0.1) is 0 Å². The van der Waals surface area contributed by atoms with Crippen molar-refractivity contribution in [1.29, 1.82) is 0 Å². The number of hydrogen-bond acceptors (Lipinski definition) is 2. The predicted octanol–water partition coefficient (Wildman–Crippen LogP) is 6.65. The van der Waals surface area contributed by atoms with E-state index in [4.69, 9.17) is 0 Å². The van der Waals surface area contributed by atoms with Gasteiger partial charge in [0.2, 0.25) is 5.78 Å². The normalized spacial score (nSPS) is 48.8. The third-order valence-electron chi connectivity index (χ3n) is 10.5. The number of carbonyl (C=O) groups excluding carboxylic acids is 1. The van der Waals surface area contributed by atoms with Gasteiger partial charge >= 0.3 is 5.92 Å². The second-order valence-corrected chi connectivity index (χ2v) is 12.6. The topological polar surface area (TPSA) is 37.3 Å². The Morgan fingerprint density at radius 2 is 1.63 bits per heavy atom. The van der Waals surface area contributed by atoms with Crippen LogP contribution in [0.5, 0.6) is 0 Å². The first kappa shape index (κ1) is 22.7. The highest BCUT2D eigenvalue weighted by Crippen LogP contribution is 2.68. The SMILES string of the molecule is CC(C)C(=O)C(F)(F)C[C@H]1CCC2C3CC[C@H]4C[C@@](C)(O)CC[C@]4(C)C3CC[C@@]21C. The van der Waals surface area contributed by atoms with E-state index >= 15 is 0 Å². The zero-order chi connectivity index (χ0) is 22.1. The van der Waals surface area contributed by atoms with Crippen LogP contribution in [-0.2, 0) is 4.79 Å². The lowest BCUT2D eigenvalue weighted by atomic mass is 9.44. The summed E-state index contributed by atoms with van der Waals surface area (Å²) >= 11 is 0. The number of ketones is 1. The fraction of sp³-hybridized carbons (Fsp3) is 0.962. The van der Waals surface area contributed by atoms with Gasteiger partial charge in [0.15, 0.2) is 0 Å². The summed E-state index contributed by atoms with van der Waals surface area (Å²) in [4.78, 5) is 12.1. The minimum Gasteiger partial charge on any atom is -0.390 e. The molecule has 4 aliphatic carbocycles. The second kappa shape index (κ2) is 7.25. The van der Waals surface area contributed by atoms with E-state index in [0.717, 1.165) is 44.9 Å².